The second-order valence-corrected chi connectivity index (χ2v) is 19.1. The molecule has 3 nitrogen and oxygen atoms in total. The summed E-state index contributed by atoms with van der Waals surface area (Å²) in [5, 5.41) is 5.86. The highest BCUT2D eigenvalue weighted by molar-refractivity contribution is 6.74. The summed E-state index contributed by atoms with van der Waals surface area (Å²) < 4.78 is 6.49. The molecule has 1 atom stereocenters. The first kappa shape index (κ1) is 37.9. The van der Waals surface area contributed by atoms with E-state index in [9.17, 15) is 0 Å². The minimum atomic E-state index is -0.205. The van der Waals surface area contributed by atoms with E-state index in [0.29, 0.717) is 5.92 Å². The zero-order valence-electron chi connectivity index (χ0n) is 36.9. The topological polar surface area (TPSA) is 32.2 Å². The largest absolute Gasteiger partial charge is 0.440 e. The lowest BCUT2D eigenvalue weighted by molar-refractivity contribution is 0.521. The Bertz CT molecular complexity index is 3480. The number of fused-ring (bicyclic) bond motifs is 10. The van der Waals surface area contributed by atoms with Gasteiger partial charge >= 0.3 is 0 Å². The summed E-state index contributed by atoms with van der Waals surface area (Å²) in [6.07, 6.45) is 2.30. The SMILES string of the molecule is CCC[C@H](C)c1ccc(N2c3cc4c(cc3[B]c3c2cc2ccccc2c3-c2cccc3c2[nH]c2oc5ccccc5c23)C(C)(C)c2ccccc2C4(C)C)c(-c2ccccc2)c1. The van der Waals surface area contributed by atoms with Crippen molar-refractivity contribution in [2.24, 2.45) is 0 Å². The first-order valence-corrected chi connectivity index (χ1v) is 22.7. The fourth-order valence-corrected chi connectivity index (χ4v) is 11.4. The molecule has 1 aliphatic carbocycles. The van der Waals surface area contributed by atoms with Crippen LogP contribution in [0.2, 0.25) is 0 Å². The molecular weight excluding hydrogens is 763 g/mol. The summed E-state index contributed by atoms with van der Waals surface area (Å²) in [5.74, 6) is 0.449. The normalized spacial score (nSPS) is 15.2. The van der Waals surface area contributed by atoms with Gasteiger partial charge in [-0.3, -0.25) is 0 Å². The number of aromatic amines is 1. The van der Waals surface area contributed by atoms with Crippen molar-refractivity contribution in [3.63, 3.8) is 0 Å². The van der Waals surface area contributed by atoms with Gasteiger partial charge in [0.25, 0.3) is 0 Å². The monoisotopic (exact) mass is 813 g/mol. The Morgan fingerprint density at radius 3 is 2.06 bits per heavy atom. The number of H-pyrrole nitrogens is 1. The predicted molar refractivity (Wildman–Crippen MR) is 268 cm³/mol. The van der Waals surface area contributed by atoms with Gasteiger partial charge in [0.05, 0.1) is 16.6 Å². The predicted octanol–water partition coefficient (Wildman–Crippen LogP) is 14.9. The zero-order chi connectivity index (χ0) is 42.8. The molecule has 1 N–H and O–H groups in total. The number of hydrogen-bond donors (Lipinski definition) is 1. The maximum atomic E-state index is 6.49. The van der Waals surface area contributed by atoms with Crippen molar-refractivity contribution in [2.45, 2.75) is 71.1 Å². The Kier molecular flexibility index (Phi) is 8.35. The number of nitrogens with zero attached hydrogens (tertiary/aromatic N) is 1. The van der Waals surface area contributed by atoms with Crippen molar-refractivity contribution in [1.82, 2.24) is 4.98 Å². The average molecular weight is 814 g/mol. The molecule has 8 aromatic carbocycles. The Balaban J connectivity index is 1.19. The van der Waals surface area contributed by atoms with Gasteiger partial charge < -0.3 is 14.3 Å². The number of aromatic nitrogens is 1. The quantitative estimate of drug-likeness (QED) is 0.170. The lowest BCUT2D eigenvalue weighted by Crippen LogP contribution is -2.44. The molecule has 305 valence electrons. The molecule has 0 saturated carbocycles. The number of hydrogen-bond acceptors (Lipinski definition) is 2. The fraction of sp³-hybridized carbons (Fsp3) is 0.186. The van der Waals surface area contributed by atoms with Crippen molar-refractivity contribution in [1.29, 1.82) is 0 Å². The standard InChI is InChI=1S/C59H50BN2O/c1-7-18-35(2)37-29-30-49(43(31-37)36-19-9-8-10-20-36)62-50-34-47-46(58(3,4)44-26-14-15-27-45(44)59(47,5)6)33-48(50)60-55-51(62)32-38-21-11-12-22-39(38)53(55)41-24-17-25-42-54-40-23-13-16-28-52(40)63-57(54)61-56(41)42/h8-17,19-35,61H,7,18H2,1-6H3/t35-/m0/s1. The van der Waals surface area contributed by atoms with Crippen LogP contribution in [0.25, 0.3) is 66.0 Å². The highest BCUT2D eigenvalue weighted by Gasteiger charge is 2.43. The van der Waals surface area contributed by atoms with Crippen LogP contribution in [-0.4, -0.2) is 12.3 Å². The number of rotatable bonds is 6. The van der Waals surface area contributed by atoms with Crippen LogP contribution in [0.3, 0.4) is 0 Å². The molecule has 0 bridgehead atoms. The molecule has 10 aromatic rings. The Labute approximate surface area is 370 Å². The lowest BCUT2D eigenvalue weighted by Gasteiger charge is -2.46. The molecule has 63 heavy (non-hydrogen) atoms. The number of anilines is 3. The van der Waals surface area contributed by atoms with Gasteiger partial charge in [-0.15, -0.1) is 0 Å². The third-order valence-corrected chi connectivity index (χ3v) is 14.7. The summed E-state index contributed by atoms with van der Waals surface area (Å²) in [6, 6.07) is 59.0. The third kappa shape index (κ3) is 5.53. The van der Waals surface area contributed by atoms with Crippen LogP contribution in [0.5, 0.6) is 0 Å². The first-order valence-electron chi connectivity index (χ1n) is 22.7. The molecule has 2 aromatic heterocycles. The Morgan fingerprint density at radius 2 is 1.29 bits per heavy atom. The summed E-state index contributed by atoms with van der Waals surface area (Å²) in [5.41, 5.74) is 20.2. The van der Waals surface area contributed by atoms with Crippen LogP contribution in [-0.2, 0) is 10.8 Å². The molecule has 0 amide bonds. The van der Waals surface area contributed by atoms with E-state index in [2.05, 4.69) is 210 Å². The second kappa shape index (κ2) is 13.9. The summed E-state index contributed by atoms with van der Waals surface area (Å²) >= 11 is 0. The van der Waals surface area contributed by atoms with Crippen LogP contribution in [0.1, 0.15) is 88.1 Å². The minimum Gasteiger partial charge on any atom is -0.440 e. The van der Waals surface area contributed by atoms with Crippen LogP contribution >= 0.6 is 0 Å². The zero-order valence-corrected chi connectivity index (χ0v) is 36.9. The van der Waals surface area contributed by atoms with Gasteiger partial charge in [-0.1, -0.05) is 181 Å². The van der Waals surface area contributed by atoms with E-state index in [-0.39, 0.29) is 10.8 Å². The first-order chi connectivity index (χ1) is 30.6. The molecule has 0 unspecified atom stereocenters. The molecule has 1 radical (unpaired) electrons. The number of para-hydroxylation sites is 2. The van der Waals surface area contributed by atoms with Crippen molar-refractivity contribution >= 4 is 79.0 Å². The Morgan fingerprint density at radius 1 is 0.603 bits per heavy atom. The molecule has 12 rings (SSSR count). The van der Waals surface area contributed by atoms with Crippen molar-refractivity contribution in [3.8, 4) is 22.3 Å². The number of nitrogens with one attached hydrogen (secondary N) is 1. The highest BCUT2D eigenvalue weighted by Crippen LogP contribution is 2.53. The van der Waals surface area contributed by atoms with Crippen LogP contribution in [0.15, 0.2) is 162 Å². The highest BCUT2D eigenvalue weighted by atomic mass is 16.3. The molecule has 3 heterocycles. The number of furan rings is 1. The van der Waals surface area contributed by atoms with E-state index in [1.54, 1.807) is 0 Å². The number of benzene rings is 8. The lowest BCUT2D eigenvalue weighted by atomic mass is 9.54. The molecular formula is C59H50BN2O. The van der Waals surface area contributed by atoms with E-state index in [4.69, 9.17) is 4.42 Å². The van der Waals surface area contributed by atoms with Gasteiger partial charge in [-0.25, -0.2) is 0 Å². The van der Waals surface area contributed by atoms with Crippen LogP contribution < -0.4 is 15.8 Å². The van der Waals surface area contributed by atoms with E-state index in [1.807, 2.05) is 6.07 Å². The molecule has 4 heteroatoms. The molecule has 1 aliphatic heterocycles. The minimum absolute atomic E-state index is 0.194. The van der Waals surface area contributed by atoms with Crippen molar-refractivity contribution < 1.29 is 4.42 Å². The van der Waals surface area contributed by atoms with E-state index in [0.717, 1.165) is 46.0 Å². The molecule has 2 aliphatic rings. The Hall–Kier alpha value is -6.78. The van der Waals surface area contributed by atoms with E-state index in [1.165, 1.54) is 88.7 Å². The summed E-state index contributed by atoms with van der Waals surface area (Å²) in [7, 11) is 2.49. The van der Waals surface area contributed by atoms with Crippen molar-refractivity contribution in [3.05, 3.63) is 186 Å². The fourth-order valence-electron chi connectivity index (χ4n) is 11.4. The molecule has 0 spiro atoms. The summed E-state index contributed by atoms with van der Waals surface area (Å²) in [6.45, 7) is 14.3. The van der Waals surface area contributed by atoms with Gasteiger partial charge in [0.2, 0.25) is 5.71 Å². The maximum Gasteiger partial charge on any atom is 0.206 e. The van der Waals surface area contributed by atoms with Gasteiger partial charge in [0.1, 0.15) is 5.58 Å². The second-order valence-electron chi connectivity index (χ2n) is 19.1. The third-order valence-electron chi connectivity index (χ3n) is 14.7. The van der Waals surface area contributed by atoms with Crippen LogP contribution in [0.4, 0.5) is 17.1 Å². The van der Waals surface area contributed by atoms with Gasteiger partial charge in [0, 0.05) is 44.1 Å². The van der Waals surface area contributed by atoms with E-state index >= 15 is 0 Å². The van der Waals surface area contributed by atoms with Gasteiger partial charge in [-0.2, -0.15) is 0 Å². The molecule has 0 fully saturated rings. The van der Waals surface area contributed by atoms with E-state index < -0.39 is 0 Å². The smallest absolute Gasteiger partial charge is 0.206 e. The van der Waals surface area contributed by atoms with Crippen LogP contribution in [0, 0.1) is 0 Å². The van der Waals surface area contributed by atoms with Gasteiger partial charge in [0.15, 0.2) is 7.28 Å². The van der Waals surface area contributed by atoms with Gasteiger partial charge in [-0.05, 0) is 97.8 Å². The molecule has 0 saturated heterocycles. The van der Waals surface area contributed by atoms with Crippen molar-refractivity contribution in [2.75, 3.05) is 4.90 Å². The average Bonchev–Trinajstić information content (AvgIpc) is 3.86. The summed E-state index contributed by atoms with van der Waals surface area (Å²) in [4.78, 5) is 6.41. The maximum absolute atomic E-state index is 6.49.